The zero-order chi connectivity index (χ0) is 10.7. The Kier molecular flexibility index (Phi) is 4.14. The molecular weight excluding hydrogens is 263 g/mol. The molecule has 0 spiro atoms. The maximum absolute atomic E-state index is 11.1. The number of carbonyl (C=O) groups excluding carboxylic acids is 1. The third-order valence-corrected chi connectivity index (χ3v) is 3.08. The molecule has 0 aliphatic carbocycles. The van der Waals surface area contributed by atoms with E-state index in [1.54, 1.807) is 6.92 Å². The smallest absolute Gasteiger partial charge is 0.132 e. The number of carbonyl (C=O) groups is 1. The van der Waals surface area contributed by atoms with Crippen molar-refractivity contribution in [2.75, 3.05) is 0 Å². The number of hydrogen-bond acceptors (Lipinski definition) is 1. The fraction of sp³-hybridized carbons (Fsp3) is 0.364. The molecule has 0 aliphatic rings. The number of benzene rings is 1. The first-order valence-corrected chi connectivity index (χ1v) is 5.62. The molecule has 0 heterocycles. The van der Waals surface area contributed by atoms with Crippen molar-refractivity contribution in [1.82, 2.24) is 0 Å². The minimum absolute atomic E-state index is 0.0358. The normalized spacial score (nSPS) is 12.6. The molecule has 3 heteroatoms. The van der Waals surface area contributed by atoms with Crippen LogP contribution in [0, 0.1) is 5.92 Å². The minimum Gasteiger partial charge on any atom is -0.300 e. The third-order valence-electron chi connectivity index (χ3n) is 2.24. The molecule has 0 N–H and O–H groups in total. The van der Waals surface area contributed by atoms with Crippen molar-refractivity contribution in [3.63, 3.8) is 0 Å². The lowest BCUT2D eigenvalue weighted by Crippen LogP contribution is -2.09. The Balaban J connectivity index is 2.82. The third kappa shape index (κ3) is 3.10. The Morgan fingerprint density at radius 3 is 2.71 bits per heavy atom. The molecule has 76 valence electrons. The maximum atomic E-state index is 11.1. The van der Waals surface area contributed by atoms with Gasteiger partial charge in [-0.1, -0.05) is 40.5 Å². The largest absolute Gasteiger partial charge is 0.300 e. The summed E-state index contributed by atoms with van der Waals surface area (Å²) < 4.78 is 0.960. The second-order valence-corrected chi connectivity index (χ2v) is 4.77. The van der Waals surface area contributed by atoms with Crippen molar-refractivity contribution < 1.29 is 4.79 Å². The predicted molar refractivity (Wildman–Crippen MR) is 62.7 cm³/mol. The summed E-state index contributed by atoms with van der Waals surface area (Å²) >= 11 is 9.38. The van der Waals surface area contributed by atoms with Crippen LogP contribution >= 0.6 is 27.5 Å². The number of rotatable bonds is 3. The van der Waals surface area contributed by atoms with E-state index in [0.29, 0.717) is 11.4 Å². The van der Waals surface area contributed by atoms with E-state index in [1.807, 2.05) is 25.1 Å². The molecule has 1 atom stereocenters. The second-order valence-electron chi connectivity index (χ2n) is 3.45. The van der Waals surface area contributed by atoms with Gasteiger partial charge in [0.1, 0.15) is 5.78 Å². The van der Waals surface area contributed by atoms with E-state index < -0.39 is 0 Å². The van der Waals surface area contributed by atoms with E-state index >= 15 is 0 Å². The van der Waals surface area contributed by atoms with Crippen molar-refractivity contribution in [3.05, 3.63) is 33.3 Å². The summed E-state index contributed by atoms with van der Waals surface area (Å²) in [6.45, 7) is 3.53. The van der Waals surface area contributed by atoms with Crippen LogP contribution in [0.2, 0.25) is 5.02 Å². The molecule has 0 fully saturated rings. The summed E-state index contributed by atoms with van der Waals surface area (Å²) in [4.78, 5) is 11.1. The molecule has 1 rings (SSSR count). The monoisotopic (exact) mass is 274 g/mol. The molecule has 0 saturated heterocycles. The van der Waals surface area contributed by atoms with E-state index in [4.69, 9.17) is 11.6 Å². The SMILES string of the molecule is CC(=O)C(C)Cc1ccc(Br)cc1Cl. The molecule has 0 radical (unpaired) electrons. The molecule has 0 aromatic heterocycles. The summed E-state index contributed by atoms with van der Waals surface area (Å²) in [6.07, 6.45) is 0.710. The van der Waals surface area contributed by atoms with E-state index in [9.17, 15) is 4.79 Å². The van der Waals surface area contributed by atoms with E-state index in [0.717, 1.165) is 10.0 Å². The highest BCUT2D eigenvalue weighted by Gasteiger charge is 2.10. The van der Waals surface area contributed by atoms with Gasteiger partial charge in [0, 0.05) is 15.4 Å². The first-order valence-electron chi connectivity index (χ1n) is 4.45. The van der Waals surface area contributed by atoms with Crippen LogP contribution in [0.5, 0.6) is 0 Å². The predicted octanol–water partition coefficient (Wildman–Crippen LogP) is 3.87. The zero-order valence-corrected chi connectivity index (χ0v) is 10.5. The minimum atomic E-state index is 0.0358. The first-order chi connectivity index (χ1) is 6.50. The van der Waals surface area contributed by atoms with Gasteiger partial charge in [0.2, 0.25) is 0 Å². The van der Waals surface area contributed by atoms with Crippen LogP contribution < -0.4 is 0 Å². The lowest BCUT2D eigenvalue weighted by atomic mass is 9.98. The molecule has 1 nitrogen and oxygen atoms in total. The van der Waals surface area contributed by atoms with Crippen LogP contribution in [-0.4, -0.2) is 5.78 Å². The Bertz CT molecular complexity index is 349. The quantitative estimate of drug-likeness (QED) is 0.818. The van der Waals surface area contributed by atoms with Gasteiger partial charge in [-0.15, -0.1) is 0 Å². The Morgan fingerprint density at radius 1 is 1.57 bits per heavy atom. The fourth-order valence-electron chi connectivity index (χ4n) is 1.16. The average molecular weight is 276 g/mol. The maximum Gasteiger partial charge on any atom is 0.132 e. The molecule has 14 heavy (non-hydrogen) atoms. The van der Waals surface area contributed by atoms with Crippen LogP contribution in [0.15, 0.2) is 22.7 Å². The van der Waals surface area contributed by atoms with Gasteiger partial charge in [-0.2, -0.15) is 0 Å². The Labute approximate surface area is 97.6 Å². The summed E-state index contributed by atoms with van der Waals surface area (Å²) in [6, 6.07) is 5.74. The fourth-order valence-corrected chi connectivity index (χ4v) is 1.91. The van der Waals surface area contributed by atoms with Crippen molar-refractivity contribution >= 4 is 33.3 Å². The standard InChI is InChI=1S/C11H12BrClO/c1-7(8(2)14)5-9-3-4-10(12)6-11(9)13/h3-4,6-7H,5H2,1-2H3. The lowest BCUT2D eigenvalue weighted by Gasteiger charge is -2.09. The highest BCUT2D eigenvalue weighted by Crippen LogP contribution is 2.23. The molecule has 1 unspecified atom stereocenters. The van der Waals surface area contributed by atoms with Crippen LogP contribution in [0.3, 0.4) is 0 Å². The average Bonchev–Trinajstić information content (AvgIpc) is 2.09. The molecule has 0 aliphatic heterocycles. The summed E-state index contributed by atoms with van der Waals surface area (Å²) in [7, 11) is 0. The molecule has 0 bridgehead atoms. The van der Waals surface area contributed by atoms with Crippen LogP contribution in [-0.2, 0) is 11.2 Å². The second kappa shape index (κ2) is 4.94. The van der Waals surface area contributed by atoms with E-state index in [2.05, 4.69) is 15.9 Å². The Hall–Kier alpha value is -0.340. The summed E-state index contributed by atoms with van der Waals surface area (Å²) in [5.41, 5.74) is 1.03. The highest BCUT2D eigenvalue weighted by molar-refractivity contribution is 9.10. The lowest BCUT2D eigenvalue weighted by molar-refractivity contribution is -0.120. The molecule has 0 saturated carbocycles. The van der Waals surface area contributed by atoms with E-state index in [-0.39, 0.29) is 11.7 Å². The van der Waals surface area contributed by atoms with Crippen molar-refractivity contribution in [2.24, 2.45) is 5.92 Å². The number of Topliss-reactive ketones (excluding diaryl/α,β-unsaturated/α-hetero) is 1. The van der Waals surface area contributed by atoms with Gasteiger partial charge in [-0.05, 0) is 31.0 Å². The van der Waals surface area contributed by atoms with Gasteiger partial charge in [0.05, 0.1) is 0 Å². The van der Waals surface area contributed by atoms with Gasteiger partial charge in [0.25, 0.3) is 0 Å². The van der Waals surface area contributed by atoms with Gasteiger partial charge in [-0.25, -0.2) is 0 Å². The van der Waals surface area contributed by atoms with Gasteiger partial charge < -0.3 is 0 Å². The van der Waals surface area contributed by atoms with Crippen molar-refractivity contribution in [1.29, 1.82) is 0 Å². The zero-order valence-electron chi connectivity index (χ0n) is 8.18. The van der Waals surface area contributed by atoms with Crippen LogP contribution in [0.25, 0.3) is 0 Å². The van der Waals surface area contributed by atoms with Gasteiger partial charge in [-0.3, -0.25) is 4.79 Å². The number of ketones is 1. The highest BCUT2D eigenvalue weighted by atomic mass is 79.9. The Morgan fingerprint density at radius 2 is 2.21 bits per heavy atom. The van der Waals surface area contributed by atoms with Crippen molar-refractivity contribution in [2.45, 2.75) is 20.3 Å². The summed E-state index contributed by atoms with van der Waals surface area (Å²) in [5.74, 6) is 0.234. The molecule has 0 amide bonds. The molecule has 1 aromatic rings. The van der Waals surface area contributed by atoms with Gasteiger partial charge >= 0.3 is 0 Å². The van der Waals surface area contributed by atoms with Crippen LogP contribution in [0.1, 0.15) is 19.4 Å². The molecule has 1 aromatic carbocycles. The van der Waals surface area contributed by atoms with E-state index in [1.165, 1.54) is 0 Å². The van der Waals surface area contributed by atoms with Gasteiger partial charge in [0.15, 0.2) is 0 Å². The first kappa shape index (κ1) is 11.7. The number of halogens is 2. The molecular formula is C11H12BrClO. The number of hydrogen-bond donors (Lipinski definition) is 0. The van der Waals surface area contributed by atoms with Crippen LogP contribution in [0.4, 0.5) is 0 Å². The topological polar surface area (TPSA) is 17.1 Å². The summed E-state index contributed by atoms with van der Waals surface area (Å²) in [5, 5.41) is 0.715. The van der Waals surface area contributed by atoms with Crippen molar-refractivity contribution in [3.8, 4) is 0 Å².